The Morgan fingerprint density at radius 3 is 2.57 bits per heavy atom. The molecule has 3 nitrogen and oxygen atoms in total. The molecule has 0 heterocycles. The summed E-state index contributed by atoms with van der Waals surface area (Å²) in [5, 5.41) is 3.54. The van der Waals surface area contributed by atoms with Crippen molar-refractivity contribution in [2.45, 2.75) is 24.5 Å². The minimum atomic E-state index is -0.172. The van der Waals surface area contributed by atoms with E-state index >= 15 is 0 Å². The third-order valence-electron chi connectivity index (χ3n) is 4.19. The Balaban J connectivity index is 1.78. The Bertz CT molecular complexity index is 960. The first kappa shape index (κ1) is 20.3. The van der Waals surface area contributed by atoms with Crippen LogP contribution in [0.3, 0.4) is 0 Å². The Morgan fingerprint density at radius 2 is 1.86 bits per heavy atom. The van der Waals surface area contributed by atoms with Gasteiger partial charge in [0.15, 0.2) is 0 Å². The van der Waals surface area contributed by atoms with Gasteiger partial charge in [0, 0.05) is 32.5 Å². The number of hydrogen-bond acceptors (Lipinski definition) is 3. The number of carbonyl (C=O) groups excluding carboxylic acids is 1. The van der Waals surface area contributed by atoms with Gasteiger partial charge in [-0.05, 0) is 61.9 Å². The van der Waals surface area contributed by atoms with Crippen LogP contribution in [0.25, 0.3) is 0 Å². The summed E-state index contributed by atoms with van der Waals surface area (Å²) in [5.74, 6) is 1.35. The highest BCUT2D eigenvalue weighted by atomic mass is 35.5. The molecule has 0 unspecified atom stereocenters. The van der Waals surface area contributed by atoms with E-state index in [1.165, 1.54) is 4.90 Å². The van der Waals surface area contributed by atoms with Crippen LogP contribution in [0.5, 0.6) is 5.75 Å². The van der Waals surface area contributed by atoms with Gasteiger partial charge in [0.05, 0.1) is 6.61 Å². The number of thioether (sulfide) groups is 1. The fourth-order valence-corrected chi connectivity index (χ4v) is 3.76. The lowest BCUT2D eigenvalue weighted by Crippen LogP contribution is -2.12. The average molecular weight is 412 g/mol. The first-order valence-corrected chi connectivity index (χ1v) is 10.4. The van der Waals surface area contributed by atoms with E-state index < -0.39 is 0 Å². The second-order valence-electron chi connectivity index (χ2n) is 6.28. The number of anilines is 1. The van der Waals surface area contributed by atoms with Crippen LogP contribution in [0.2, 0.25) is 5.02 Å². The number of halogens is 1. The highest BCUT2D eigenvalue weighted by Gasteiger charge is 2.12. The lowest BCUT2D eigenvalue weighted by atomic mass is 10.1. The number of amides is 1. The fourth-order valence-electron chi connectivity index (χ4n) is 2.68. The Labute approximate surface area is 175 Å². The Morgan fingerprint density at radius 1 is 1.07 bits per heavy atom. The minimum absolute atomic E-state index is 0.172. The molecule has 0 aliphatic heterocycles. The number of benzene rings is 3. The molecule has 0 aliphatic rings. The van der Waals surface area contributed by atoms with Gasteiger partial charge in [0.1, 0.15) is 5.75 Å². The molecule has 0 saturated heterocycles. The second-order valence-corrected chi connectivity index (χ2v) is 7.73. The van der Waals surface area contributed by atoms with E-state index in [1.807, 2.05) is 56.3 Å². The van der Waals surface area contributed by atoms with Gasteiger partial charge in [0.25, 0.3) is 5.91 Å². The molecule has 3 aromatic carbocycles. The van der Waals surface area contributed by atoms with Crippen molar-refractivity contribution in [1.29, 1.82) is 0 Å². The Kier molecular flexibility index (Phi) is 7.01. The highest BCUT2D eigenvalue weighted by molar-refractivity contribution is 7.98. The monoisotopic (exact) mass is 411 g/mol. The van der Waals surface area contributed by atoms with Crippen molar-refractivity contribution >= 4 is 35.0 Å². The van der Waals surface area contributed by atoms with Gasteiger partial charge in [-0.2, -0.15) is 0 Å². The predicted molar refractivity (Wildman–Crippen MR) is 118 cm³/mol. The molecule has 0 bridgehead atoms. The van der Waals surface area contributed by atoms with E-state index in [-0.39, 0.29) is 5.91 Å². The van der Waals surface area contributed by atoms with E-state index in [0.717, 1.165) is 22.6 Å². The molecule has 0 spiro atoms. The van der Waals surface area contributed by atoms with Crippen LogP contribution in [0.15, 0.2) is 71.6 Å². The molecular formula is C23H22ClNO2S. The van der Waals surface area contributed by atoms with Crippen molar-refractivity contribution in [1.82, 2.24) is 0 Å². The van der Waals surface area contributed by atoms with Gasteiger partial charge in [-0.3, -0.25) is 4.79 Å². The molecule has 0 radical (unpaired) electrons. The first-order valence-electron chi connectivity index (χ1n) is 9.08. The topological polar surface area (TPSA) is 38.3 Å². The summed E-state index contributed by atoms with van der Waals surface area (Å²) in [4.78, 5) is 13.9. The number of carbonyl (C=O) groups is 1. The molecule has 3 rings (SSSR count). The van der Waals surface area contributed by atoms with Crippen molar-refractivity contribution < 1.29 is 9.53 Å². The molecule has 144 valence electrons. The van der Waals surface area contributed by atoms with E-state index in [1.54, 1.807) is 23.9 Å². The summed E-state index contributed by atoms with van der Waals surface area (Å²) in [6, 6.07) is 21.2. The third-order valence-corrected chi connectivity index (χ3v) is 5.66. The quantitative estimate of drug-likeness (QED) is 0.445. The summed E-state index contributed by atoms with van der Waals surface area (Å²) in [6.45, 7) is 4.46. The molecule has 3 aromatic rings. The van der Waals surface area contributed by atoms with Crippen LogP contribution in [-0.2, 0) is 5.75 Å². The van der Waals surface area contributed by atoms with Crippen LogP contribution < -0.4 is 10.1 Å². The highest BCUT2D eigenvalue weighted by Crippen LogP contribution is 2.29. The normalized spacial score (nSPS) is 10.5. The maximum Gasteiger partial charge on any atom is 0.255 e. The smallest absolute Gasteiger partial charge is 0.255 e. The SMILES string of the molecule is CCOc1ccc(C(=O)Nc2ccc(C)c(Cl)c2)cc1CSc1ccccc1. The van der Waals surface area contributed by atoms with Gasteiger partial charge < -0.3 is 10.1 Å². The summed E-state index contributed by atoms with van der Waals surface area (Å²) >= 11 is 7.87. The minimum Gasteiger partial charge on any atom is -0.494 e. The van der Waals surface area contributed by atoms with Crippen LogP contribution in [0, 0.1) is 6.92 Å². The molecule has 1 N–H and O–H groups in total. The molecule has 0 saturated carbocycles. The molecule has 0 fully saturated rings. The van der Waals surface area contributed by atoms with Gasteiger partial charge >= 0.3 is 0 Å². The predicted octanol–water partition coefficient (Wildman–Crippen LogP) is 6.59. The van der Waals surface area contributed by atoms with Crippen LogP contribution in [0.4, 0.5) is 5.69 Å². The lowest BCUT2D eigenvalue weighted by molar-refractivity contribution is 0.102. The van der Waals surface area contributed by atoms with Crippen molar-refractivity contribution in [2.24, 2.45) is 0 Å². The second kappa shape index (κ2) is 9.67. The Hall–Kier alpha value is -2.43. The van der Waals surface area contributed by atoms with E-state index in [9.17, 15) is 4.79 Å². The van der Waals surface area contributed by atoms with Gasteiger partial charge in [-0.15, -0.1) is 11.8 Å². The third kappa shape index (κ3) is 5.31. The maximum absolute atomic E-state index is 12.7. The molecule has 5 heteroatoms. The standard InChI is InChI=1S/C23H22ClNO2S/c1-3-27-22-12-10-17(13-18(22)15-28-20-7-5-4-6-8-20)23(26)25-19-11-9-16(2)21(24)14-19/h4-14H,3,15H2,1-2H3,(H,25,26). The molecule has 1 amide bonds. The molecule has 0 aliphatic carbocycles. The molecule has 28 heavy (non-hydrogen) atoms. The summed E-state index contributed by atoms with van der Waals surface area (Å²) < 4.78 is 5.74. The lowest BCUT2D eigenvalue weighted by Gasteiger charge is -2.13. The fraction of sp³-hybridized carbons (Fsp3) is 0.174. The van der Waals surface area contributed by atoms with Gasteiger partial charge in [-0.1, -0.05) is 35.9 Å². The molecular weight excluding hydrogens is 390 g/mol. The largest absolute Gasteiger partial charge is 0.494 e. The van der Waals surface area contributed by atoms with E-state index in [2.05, 4.69) is 17.4 Å². The maximum atomic E-state index is 12.7. The van der Waals surface area contributed by atoms with Crippen LogP contribution in [-0.4, -0.2) is 12.5 Å². The first-order chi connectivity index (χ1) is 13.6. The zero-order chi connectivity index (χ0) is 19.9. The summed E-state index contributed by atoms with van der Waals surface area (Å²) in [7, 11) is 0. The van der Waals surface area contributed by atoms with Crippen LogP contribution in [0.1, 0.15) is 28.4 Å². The van der Waals surface area contributed by atoms with E-state index in [4.69, 9.17) is 16.3 Å². The van der Waals surface area contributed by atoms with Gasteiger partial charge in [0.2, 0.25) is 0 Å². The number of ether oxygens (including phenoxy) is 1. The zero-order valence-electron chi connectivity index (χ0n) is 15.9. The molecule has 0 atom stereocenters. The van der Waals surface area contributed by atoms with Crippen LogP contribution >= 0.6 is 23.4 Å². The van der Waals surface area contributed by atoms with E-state index in [0.29, 0.717) is 22.9 Å². The number of nitrogens with one attached hydrogen (secondary N) is 1. The van der Waals surface area contributed by atoms with Crippen molar-refractivity contribution in [3.8, 4) is 5.75 Å². The van der Waals surface area contributed by atoms with Gasteiger partial charge in [-0.25, -0.2) is 0 Å². The number of rotatable bonds is 7. The van der Waals surface area contributed by atoms with Crippen molar-refractivity contribution in [2.75, 3.05) is 11.9 Å². The molecule has 0 aromatic heterocycles. The average Bonchev–Trinajstić information content (AvgIpc) is 2.71. The number of aryl methyl sites for hydroxylation is 1. The van der Waals surface area contributed by atoms with Crippen molar-refractivity contribution in [3.63, 3.8) is 0 Å². The summed E-state index contributed by atoms with van der Waals surface area (Å²) in [5.41, 5.74) is 3.23. The number of hydrogen-bond donors (Lipinski definition) is 1. The summed E-state index contributed by atoms with van der Waals surface area (Å²) in [6.07, 6.45) is 0. The zero-order valence-corrected chi connectivity index (χ0v) is 17.4. The van der Waals surface area contributed by atoms with Crippen molar-refractivity contribution in [3.05, 3.63) is 88.4 Å².